The third-order valence-electron chi connectivity index (χ3n) is 4.31. The summed E-state index contributed by atoms with van der Waals surface area (Å²) in [6, 6.07) is 17.7. The van der Waals surface area contributed by atoms with E-state index in [0.717, 1.165) is 34.5 Å². The number of hydrogen-bond donors (Lipinski definition) is 2. The Morgan fingerprint density at radius 2 is 1.96 bits per heavy atom. The van der Waals surface area contributed by atoms with Gasteiger partial charge in [0.15, 0.2) is 0 Å². The highest BCUT2D eigenvalue weighted by molar-refractivity contribution is 5.91. The number of furan rings is 1. The molecule has 2 heterocycles. The van der Waals surface area contributed by atoms with E-state index in [0.29, 0.717) is 19.6 Å². The molecule has 1 aliphatic heterocycles. The van der Waals surface area contributed by atoms with Crippen LogP contribution in [0.3, 0.4) is 0 Å². The van der Waals surface area contributed by atoms with Crippen molar-refractivity contribution in [3.05, 3.63) is 54.6 Å². The fraction of sp³-hybridized carbons (Fsp3) is 0.250. The molecule has 1 aliphatic rings. The number of ether oxygens (including phenoxy) is 1. The average molecular weight is 373 g/mol. The van der Waals surface area contributed by atoms with Gasteiger partial charge in [0, 0.05) is 35.6 Å². The Bertz CT molecular complexity index is 837. The molecule has 1 atom stereocenters. The van der Waals surface area contributed by atoms with Gasteiger partial charge in [-0.25, -0.2) is 0 Å². The maximum absolute atomic E-state index is 12.1. The van der Waals surface area contributed by atoms with Crippen molar-refractivity contribution < 1.29 is 13.9 Å². The lowest BCUT2D eigenvalue weighted by atomic mass is 10.1. The molecule has 1 unspecified atom stereocenters. The standard InChI is InChI=1S/C20H20N2O3.ClH/c23-20(12-17-13-24-10-9-21-17)22-16-7-5-14(6-8-16)19-11-15-3-1-2-4-18(15)25-19;/h1-8,11,17,21H,9-10,12-13H2,(H,22,23);1H. The topological polar surface area (TPSA) is 63.5 Å². The van der Waals surface area contributed by atoms with Crippen LogP contribution < -0.4 is 10.6 Å². The molecule has 0 saturated carbocycles. The van der Waals surface area contributed by atoms with Gasteiger partial charge in [-0.15, -0.1) is 12.4 Å². The maximum atomic E-state index is 12.1. The summed E-state index contributed by atoms with van der Waals surface area (Å²) in [6.45, 7) is 2.09. The third kappa shape index (κ3) is 4.25. The Kier molecular flexibility index (Phi) is 5.93. The van der Waals surface area contributed by atoms with Gasteiger partial charge in [0.25, 0.3) is 0 Å². The number of anilines is 1. The third-order valence-corrected chi connectivity index (χ3v) is 4.31. The quantitative estimate of drug-likeness (QED) is 0.730. The molecule has 5 nitrogen and oxygen atoms in total. The first kappa shape index (κ1) is 18.5. The van der Waals surface area contributed by atoms with Gasteiger partial charge in [-0.2, -0.15) is 0 Å². The number of para-hydroxylation sites is 1. The summed E-state index contributed by atoms with van der Waals surface area (Å²) in [4.78, 5) is 12.1. The summed E-state index contributed by atoms with van der Waals surface area (Å²) in [6.07, 6.45) is 0.408. The summed E-state index contributed by atoms with van der Waals surface area (Å²) >= 11 is 0. The number of fused-ring (bicyclic) bond motifs is 1. The number of nitrogens with one attached hydrogen (secondary N) is 2. The minimum Gasteiger partial charge on any atom is -0.456 e. The first-order valence-corrected chi connectivity index (χ1v) is 8.48. The van der Waals surface area contributed by atoms with Crippen LogP contribution >= 0.6 is 12.4 Å². The normalized spacial score (nSPS) is 16.8. The van der Waals surface area contributed by atoms with Gasteiger partial charge in [-0.3, -0.25) is 4.79 Å². The van der Waals surface area contributed by atoms with Crippen LogP contribution in [0.15, 0.2) is 59.0 Å². The van der Waals surface area contributed by atoms with Gasteiger partial charge in [-0.05, 0) is 36.4 Å². The second-order valence-corrected chi connectivity index (χ2v) is 6.20. The molecule has 0 bridgehead atoms. The minimum absolute atomic E-state index is 0. The monoisotopic (exact) mass is 372 g/mol. The number of morpholine rings is 1. The molecule has 26 heavy (non-hydrogen) atoms. The molecule has 1 aromatic heterocycles. The highest BCUT2D eigenvalue weighted by Gasteiger charge is 2.17. The van der Waals surface area contributed by atoms with Gasteiger partial charge in [0.2, 0.25) is 5.91 Å². The molecule has 0 radical (unpaired) electrons. The number of benzene rings is 2. The number of amides is 1. The Labute approximate surface area is 158 Å². The smallest absolute Gasteiger partial charge is 0.226 e. The van der Waals surface area contributed by atoms with E-state index in [1.165, 1.54) is 0 Å². The van der Waals surface area contributed by atoms with Crippen molar-refractivity contribution in [2.45, 2.75) is 12.5 Å². The van der Waals surface area contributed by atoms with Crippen LogP contribution in [0.1, 0.15) is 6.42 Å². The van der Waals surface area contributed by atoms with Gasteiger partial charge in [-0.1, -0.05) is 18.2 Å². The molecule has 2 aromatic carbocycles. The van der Waals surface area contributed by atoms with Crippen molar-refractivity contribution in [3.8, 4) is 11.3 Å². The second-order valence-electron chi connectivity index (χ2n) is 6.20. The van der Waals surface area contributed by atoms with Crippen LogP contribution in [-0.2, 0) is 9.53 Å². The number of hydrogen-bond acceptors (Lipinski definition) is 4. The zero-order chi connectivity index (χ0) is 17.1. The molecule has 6 heteroatoms. The Balaban J connectivity index is 0.00000196. The fourth-order valence-electron chi connectivity index (χ4n) is 3.03. The molecular formula is C20H21ClN2O3. The molecule has 1 amide bonds. The molecular weight excluding hydrogens is 352 g/mol. The Hall–Kier alpha value is -2.34. The Morgan fingerprint density at radius 1 is 1.15 bits per heavy atom. The maximum Gasteiger partial charge on any atom is 0.226 e. The van der Waals surface area contributed by atoms with E-state index >= 15 is 0 Å². The van der Waals surface area contributed by atoms with Crippen LogP contribution in [0.2, 0.25) is 0 Å². The highest BCUT2D eigenvalue weighted by Crippen LogP contribution is 2.28. The summed E-state index contributed by atoms with van der Waals surface area (Å²) in [5.74, 6) is 0.808. The zero-order valence-corrected chi connectivity index (χ0v) is 15.1. The van der Waals surface area contributed by atoms with Crippen molar-refractivity contribution >= 4 is 35.0 Å². The van der Waals surface area contributed by atoms with Crippen LogP contribution in [-0.4, -0.2) is 31.7 Å². The Morgan fingerprint density at radius 3 is 2.69 bits per heavy atom. The summed E-state index contributed by atoms with van der Waals surface area (Å²) < 4.78 is 11.2. The minimum atomic E-state index is -0.0144. The van der Waals surface area contributed by atoms with E-state index in [1.807, 2.05) is 54.6 Å². The van der Waals surface area contributed by atoms with E-state index in [9.17, 15) is 4.79 Å². The van der Waals surface area contributed by atoms with E-state index in [2.05, 4.69) is 10.6 Å². The van der Waals surface area contributed by atoms with Crippen LogP contribution in [0.4, 0.5) is 5.69 Å². The second kappa shape index (κ2) is 8.36. The van der Waals surface area contributed by atoms with E-state index in [-0.39, 0.29) is 24.4 Å². The number of carbonyl (C=O) groups is 1. The van der Waals surface area contributed by atoms with Crippen molar-refractivity contribution in [2.24, 2.45) is 0 Å². The molecule has 0 spiro atoms. The van der Waals surface area contributed by atoms with Crippen molar-refractivity contribution in [2.75, 3.05) is 25.1 Å². The first-order chi connectivity index (χ1) is 12.3. The van der Waals surface area contributed by atoms with Crippen molar-refractivity contribution in [1.82, 2.24) is 5.32 Å². The molecule has 0 aliphatic carbocycles. The fourth-order valence-corrected chi connectivity index (χ4v) is 3.03. The number of carbonyl (C=O) groups excluding carboxylic acids is 1. The lowest BCUT2D eigenvalue weighted by Gasteiger charge is -2.23. The molecule has 1 fully saturated rings. The molecule has 136 valence electrons. The van der Waals surface area contributed by atoms with Crippen molar-refractivity contribution in [3.63, 3.8) is 0 Å². The summed E-state index contributed by atoms with van der Waals surface area (Å²) in [7, 11) is 0. The molecule has 2 N–H and O–H groups in total. The summed E-state index contributed by atoms with van der Waals surface area (Å²) in [5.41, 5.74) is 2.63. The lowest BCUT2D eigenvalue weighted by molar-refractivity contribution is -0.117. The molecule has 3 aromatic rings. The first-order valence-electron chi connectivity index (χ1n) is 8.48. The average Bonchev–Trinajstić information content (AvgIpc) is 3.07. The van der Waals surface area contributed by atoms with E-state index in [1.54, 1.807) is 0 Å². The molecule has 1 saturated heterocycles. The SMILES string of the molecule is Cl.O=C(CC1COCCN1)Nc1ccc(-c2cc3ccccc3o2)cc1. The van der Waals surface area contributed by atoms with Gasteiger partial charge < -0.3 is 19.8 Å². The molecule has 4 rings (SSSR count). The highest BCUT2D eigenvalue weighted by atomic mass is 35.5. The van der Waals surface area contributed by atoms with Crippen LogP contribution in [0.25, 0.3) is 22.3 Å². The predicted octanol–water partition coefficient (Wildman–Crippen LogP) is 3.84. The van der Waals surface area contributed by atoms with Gasteiger partial charge >= 0.3 is 0 Å². The van der Waals surface area contributed by atoms with Gasteiger partial charge in [0.05, 0.1) is 13.2 Å². The number of rotatable bonds is 4. The van der Waals surface area contributed by atoms with E-state index < -0.39 is 0 Å². The summed E-state index contributed by atoms with van der Waals surface area (Å²) in [5, 5.41) is 7.29. The zero-order valence-electron chi connectivity index (χ0n) is 14.2. The van der Waals surface area contributed by atoms with E-state index in [4.69, 9.17) is 9.15 Å². The van der Waals surface area contributed by atoms with Crippen LogP contribution in [0, 0.1) is 0 Å². The van der Waals surface area contributed by atoms with Crippen LogP contribution in [0.5, 0.6) is 0 Å². The largest absolute Gasteiger partial charge is 0.456 e. The lowest BCUT2D eigenvalue weighted by Crippen LogP contribution is -2.43. The number of halogens is 1. The predicted molar refractivity (Wildman–Crippen MR) is 105 cm³/mol. The van der Waals surface area contributed by atoms with Gasteiger partial charge in [0.1, 0.15) is 11.3 Å². The van der Waals surface area contributed by atoms with Crippen molar-refractivity contribution in [1.29, 1.82) is 0 Å².